The van der Waals surface area contributed by atoms with Gasteiger partial charge in [-0.15, -0.1) is 0 Å². The number of esters is 1. The third kappa shape index (κ3) is 3.46. The van der Waals surface area contributed by atoms with Crippen molar-refractivity contribution in [3.63, 3.8) is 0 Å². The topological polar surface area (TPSA) is 91.6 Å². The number of fused-ring (bicyclic) bond motifs is 2. The minimum atomic E-state index is -0.453. The van der Waals surface area contributed by atoms with Gasteiger partial charge in [-0.3, -0.25) is 9.36 Å². The van der Waals surface area contributed by atoms with Gasteiger partial charge in [0, 0.05) is 30.5 Å². The average molecular weight is 379 g/mol. The largest absolute Gasteiger partial charge is 0.426 e. The van der Waals surface area contributed by atoms with E-state index in [1.54, 1.807) is 30.3 Å². The SMILES string of the molecule is Cc1cc(=O)oc2cc(OC(=O)CCCn3c(=O)oc4ccccc43)ccc12. The summed E-state index contributed by atoms with van der Waals surface area (Å²) in [5.74, 6) is -0.582. The van der Waals surface area contributed by atoms with Gasteiger partial charge in [0.1, 0.15) is 11.3 Å². The molecule has 0 spiro atoms. The lowest BCUT2D eigenvalue weighted by atomic mass is 10.1. The molecule has 0 saturated carbocycles. The average Bonchev–Trinajstić information content (AvgIpc) is 2.97. The minimum absolute atomic E-state index is 0.127. The summed E-state index contributed by atoms with van der Waals surface area (Å²) in [6, 6.07) is 13.5. The zero-order valence-electron chi connectivity index (χ0n) is 15.1. The van der Waals surface area contributed by atoms with Crippen molar-refractivity contribution < 1.29 is 18.4 Å². The van der Waals surface area contributed by atoms with E-state index in [0.29, 0.717) is 35.4 Å². The van der Waals surface area contributed by atoms with Crippen LogP contribution in [0.1, 0.15) is 18.4 Å². The Labute approximate surface area is 158 Å². The third-order valence-electron chi connectivity index (χ3n) is 4.49. The molecule has 0 radical (unpaired) electrons. The highest BCUT2D eigenvalue weighted by atomic mass is 16.5. The Morgan fingerprint density at radius 1 is 1.04 bits per heavy atom. The summed E-state index contributed by atoms with van der Waals surface area (Å²) in [4.78, 5) is 35.6. The van der Waals surface area contributed by atoms with Gasteiger partial charge < -0.3 is 13.6 Å². The predicted molar refractivity (Wildman–Crippen MR) is 103 cm³/mol. The first-order valence-corrected chi connectivity index (χ1v) is 8.85. The Morgan fingerprint density at radius 2 is 1.86 bits per heavy atom. The molecule has 4 rings (SSSR count). The number of oxazole rings is 1. The Hall–Kier alpha value is -3.61. The van der Waals surface area contributed by atoms with Crippen LogP contribution in [0.2, 0.25) is 0 Å². The lowest BCUT2D eigenvalue weighted by Crippen LogP contribution is -2.16. The summed E-state index contributed by atoms with van der Waals surface area (Å²) in [5.41, 5.74) is 1.92. The molecule has 0 aliphatic rings. The molecular weight excluding hydrogens is 362 g/mol. The monoisotopic (exact) mass is 379 g/mol. The molecule has 0 fully saturated rings. The summed E-state index contributed by atoms with van der Waals surface area (Å²) in [5, 5.41) is 0.783. The van der Waals surface area contributed by atoms with Crippen LogP contribution in [0.15, 0.2) is 67.0 Å². The summed E-state index contributed by atoms with van der Waals surface area (Å²) in [6.07, 6.45) is 0.547. The molecule has 28 heavy (non-hydrogen) atoms. The van der Waals surface area contributed by atoms with E-state index in [0.717, 1.165) is 10.9 Å². The number of rotatable bonds is 5. The van der Waals surface area contributed by atoms with E-state index in [-0.39, 0.29) is 6.42 Å². The molecule has 2 aromatic heterocycles. The Bertz CT molecular complexity index is 1290. The fraction of sp³-hybridized carbons (Fsp3) is 0.190. The number of carbonyl (C=O) groups excluding carboxylic acids is 1. The normalized spacial score (nSPS) is 11.2. The fourth-order valence-electron chi connectivity index (χ4n) is 3.16. The van der Waals surface area contributed by atoms with Gasteiger partial charge in [-0.1, -0.05) is 12.1 Å². The van der Waals surface area contributed by atoms with Crippen LogP contribution in [-0.4, -0.2) is 10.5 Å². The van der Waals surface area contributed by atoms with Crippen molar-refractivity contribution in [2.24, 2.45) is 0 Å². The number of benzene rings is 2. The molecule has 0 N–H and O–H groups in total. The number of hydrogen-bond donors (Lipinski definition) is 0. The highest BCUT2D eigenvalue weighted by Gasteiger charge is 2.11. The molecule has 0 aliphatic heterocycles. The van der Waals surface area contributed by atoms with Crippen molar-refractivity contribution >= 4 is 28.0 Å². The van der Waals surface area contributed by atoms with Gasteiger partial charge in [0.25, 0.3) is 0 Å². The molecule has 0 saturated heterocycles. The highest BCUT2D eigenvalue weighted by Crippen LogP contribution is 2.22. The first-order chi connectivity index (χ1) is 13.5. The van der Waals surface area contributed by atoms with E-state index in [1.807, 2.05) is 13.0 Å². The smallest absolute Gasteiger partial charge is 0.419 e. The number of nitrogens with zero attached hydrogens (tertiary/aromatic N) is 1. The molecule has 0 unspecified atom stereocenters. The van der Waals surface area contributed by atoms with E-state index in [1.165, 1.54) is 16.7 Å². The summed E-state index contributed by atoms with van der Waals surface area (Å²) >= 11 is 0. The number of carbonyl (C=O) groups is 1. The van der Waals surface area contributed by atoms with Crippen LogP contribution >= 0.6 is 0 Å². The summed E-state index contributed by atoms with van der Waals surface area (Å²) in [7, 11) is 0. The maximum Gasteiger partial charge on any atom is 0.419 e. The van der Waals surface area contributed by atoms with Crippen molar-refractivity contribution in [3.8, 4) is 5.75 Å². The third-order valence-corrected chi connectivity index (χ3v) is 4.49. The molecule has 0 bridgehead atoms. The molecule has 0 aliphatic carbocycles. The maximum absolute atomic E-state index is 12.1. The second kappa shape index (κ2) is 7.19. The summed E-state index contributed by atoms with van der Waals surface area (Å²) in [6.45, 7) is 2.16. The number of para-hydroxylation sites is 2. The van der Waals surface area contributed by atoms with Crippen LogP contribution in [0.3, 0.4) is 0 Å². The number of hydrogen-bond acceptors (Lipinski definition) is 6. The van der Waals surface area contributed by atoms with Crippen LogP contribution < -0.4 is 16.1 Å². The number of ether oxygens (including phenoxy) is 1. The van der Waals surface area contributed by atoms with Gasteiger partial charge in [-0.2, -0.15) is 0 Å². The van der Waals surface area contributed by atoms with Crippen LogP contribution in [0.25, 0.3) is 22.1 Å². The molecule has 0 atom stereocenters. The van der Waals surface area contributed by atoms with Crippen molar-refractivity contribution in [1.82, 2.24) is 4.57 Å². The molecule has 2 heterocycles. The summed E-state index contributed by atoms with van der Waals surface area (Å²) < 4.78 is 17.1. The van der Waals surface area contributed by atoms with Crippen LogP contribution in [0, 0.1) is 6.92 Å². The molecule has 4 aromatic rings. The predicted octanol–water partition coefficient (Wildman–Crippen LogP) is 3.40. The Morgan fingerprint density at radius 3 is 2.71 bits per heavy atom. The zero-order chi connectivity index (χ0) is 19.7. The van der Waals surface area contributed by atoms with E-state index in [2.05, 4.69) is 0 Å². The van der Waals surface area contributed by atoms with Crippen molar-refractivity contribution in [1.29, 1.82) is 0 Å². The lowest BCUT2D eigenvalue weighted by molar-refractivity contribution is -0.134. The highest BCUT2D eigenvalue weighted by molar-refractivity contribution is 5.82. The van der Waals surface area contributed by atoms with E-state index in [4.69, 9.17) is 13.6 Å². The van der Waals surface area contributed by atoms with Gasteiger partial charge in [-0.25, -0.2) is 9.59 Å². The molecule has 7 nitrogen and oxygen atoms in total. The second-order valence-corrected chi connectivity index (χ2v) is 6.47. The van der Waals surface area contributed by atoms with Gasteiger partial charge in [-0.05, 0) is 43.2 Å². The quantitative estimate of drug-likeness (QED) is 0.300. The molecule has 2 aromatic carbocycles. The number of aryl methyl sites for hydroxylation is 2. The van der Waals surface area contributed by atoms with Gasteiger partial charge in [0.05, 0.1) is 5.52 Å². The van der Waals surface area contributed by atoms with Gasteiger partial charge >= 0.3 is 17.4 Å². The first-order valence-electron chi connectivity index (χ1n) is 8.85. The zero-order valence-corrected chi connectivity index (χ0v) is 15.1. The maximum atomic E-state index is 12.1. The Balaban J connectivity index is 1.42. The van der Waals surface area contributed by atoms with E-state index in [9.17, 15) is 14.4 Å². The van der Waals surface area contributed by atoms with Crippen LogP contribution in [0.5, 0.6) is 5.75 Å². The number of aromatic nitrogens is 1. The fourth-order valence-corrected chi connectivity index (χ4v) is 3.16. The molecule has 0 amide bonds. The lowest BCUT2D eigenvalue weighted by Gasteiger charge is -2.06. The van der Waals surface area contributed by atoms with Crippen molar-refractivity contribution in [2.75, 3.05) is 0 Å². The second-order valence-electron chi connectivity index (χ2n) is 6.47. The minimum Gasteiger partial charge on any atom is -0.426 e. The van der Waals surface area contributed by atoms with Crippen LogP contribution in [-0.2, 0) is 11.3 Å². The standard InChI is InChI=1S/C21H17NO6/c1-13-11-20(24)27-18-12-14(8-9-15(13)18)26-19(23)7-4-10-22-16-5-2-3-6-17(16)28-21(22)25/h2-3,5-6,8-9,11-12H,4,7,10H2,1H3. The van der Waals surface area contributed by atoms with Gasteiger partial charge in [0.2, 0.25) is 0 Å². The van der Waals surface area contributed by atoms with E-state index >= 15 is 0 Å². The molecular formula is C21H17NO6. The van der Waals surface area contributed by atoms with Gasteiger partial charge in [0.15, 0.2) is 5.58 Å². The van der Waals surface area contributed by atoms with Crippen molar-refractivity contribution in [2.45, 2.75) is 26.3 Å². The van der Waals surface area contributed by atoms with E-state index < -0.39 is 17.4 Å². The molecule has 142 valence electrons. The van der Waals surface area contributed by atoms with Crippen LogP contribution in [0.4, 0.5) is 0 Å². The molecule has 7 heteroatoms. The first kappa shape index (κ1) is 17.8. The Kier molecular flexibility index (Phi) is 4.57. The van der Waals surface area contributed by atoms with Crippen molar-refractivity contribution in [3.05, 3.63) is 75.1 Å².